The molecule has 1 aliphatic carbocycles. The van der Waals surface area contributed by atoms with Crippen LogP contribution in [-0.2, 0) is 4.74 Å². The lowest BCUT2D eigenvalue weighted by Crippen LogP contribution is -2.27. The van der Waals surface area contributed by atoms with Gasteiger partial charge in [0.1, 0.15) is 0 Å². The summed E-state index contributed by atoms with van der Waals surface area (Å²) in [6.07, 6.45) is 6.38. The molecule has 2 rings (SSSR count). The van der Waals surface area contributed by atoms with Gasteiger partial charge in [0.05, 0.1) is 12.7 Å². The Morgan fingerprint density at radius 3 is 3.00 bits per heavy atom. The third kappa shape index (κ3) is 3.72. The van der Waals surface area contributed by atoms with Crippen molar-refractivity contribution in [3.05, 3.63) is 29.8 Å². The lowest BCUT2D eigenvalue weighted by molar-refractivity contribution is 0.0601. The van der Waals surface area contributed by atoms with Crippen LogP contribution in [0.25, 0.3) is 0 Å². The molecule has 1 aromatic rings. The molecule has 1 aliphatic rings. The minimum atomic E-state index is -0.279. The summed E-state index contributed by atoms with van der Waals surface area (Å²) < 4.78 is 4.75. The lowest BCUT2D eigenvalue weighted by atomic mass is 9.84. The molecule has 3 heteroatoms. The second kappa shape index (κ2) is 6.60. The molecule has 1 fully saturated rings. The number of methoxy groups -OCH3 is 1. The van der Waals surface area contributed by atoms with Gasteiger partial charge in [-0.3, -0.25) is 0 Å². The number of rotatable bonds is 4. The van der Waals surface area contributed by atoms with Crippen molar-refractivity contribution in [3.63, 3.8) is 0 Å². The van der Waals surface area contributed by atoms with E-state index in [-0.39, 0.29) is 5.97 Å². The van der Waals surface area contributed by atoms with Crippen molar-refractivity contribution in [2.75, 3.05) is 12.4 Å². The van der Waals surface area contributed by atoms with E-state index in [1.807, 2.05) is 18.2 Å². The summed E-state index contributed by atoms with van der Waals surface area (Å²) in [4.78, 5) is 11.5. The number of esters is 1. The SMILES string of the molecule is CCC1CCCC(Nc2cccc(C(=O)OC)c2)C1. The molecule has 0 radical (unpaired) electrons. The monoisotopic (exact) mass is 261 g/mol. The maximum absolute atomic E-state index is 11.5. The molecular formula is C16H23NO2. The molecule has 0 saturated heterocycles. The summed E-state index contributed by atoms with van der Waals surface area (Å²) in [7, 11) is 1.41. The first-order valence-corrected chi connectivity index (χ1v) is 7.17. The number of carbonyl (C=O) groups is 1. The van der Waals surface area contributed by atoms with E-state index in [4.69, 9.17) is 4.74 Å². The Morgan fingerprint density at radius 1 is 1.42 bits per heavy atom. The second-order valence-corrected chi connectivity index (χ2v) is 5.35. The fourth-order valence-corrected chi connectivity index (χ4v) is 2.88. The van der Waals surface area contributed by atoms with Crippen LogP contribution in [0, 0.1) is 5.92 Å². The van der Waals surface area contributed by atoms with Crippen LogP contribution in [-0.4, -0.2) is 19.1 Å². The van der Waals surface area contributed by atoms with Crippen LogP contribution >= 0.6 is 0 Å². The first-order valence-electron chi connectivity index (χ1n) is 7.17. The van der Waals surface area contributed by atoms with Crippen molar-refractivity contribution in [1.29, 1.82) is 0 Å². The summed E-state index contributed by atoms with van der Waals surface area (Å²) in [5, 5.41) is 3.56. The average Bonchev–Trinajstić information content (AvgIpc) is 2.47. The van der Waals surface area contributed by atoms with Gasteiger partial charge >= 0.3 is 5.97 Å². The summed E-state index contributed by atoms with van der Waals surface area (Å²) in [6.45, 7) is 2.27. The van der Waals surface area contributed by atoms with E-state index >= 15 is 0 Å². The van der Waals surface area contributed by atoms with Gasteiger partial charge < -0.3 is 10.1 Å². The Kier molecular flexibility index (Phi) is 4.83. The van der Waals surface area contributed by atoms with E-state index in [0.717, 1.165) is 11.6 Å². The molecule has 2 unspecified atom stereocenters. The van der Waals surface area contributed by atoms with Gasteiger partial charge in [0.25, 0.3) is 0 Å². The van der Waals surface area contributed by atoms with E-state index < -0.39 is 0 Å². The van der Waals surface area contributed by atoms with Gasteiger partial charge in [-0.25, -0.2) is 4.79 Å². The number of ether oxygens (including phenoxy) is 1. The molecule has 0 spiro atoms. The van der Waals surface area contributed by atoms with Gasteiger partial charge in [0.2, 0.25) is 0 Å². The standard InChI is InChI=1S/C16H23NO2/c1-3-12-6-4-8-14(10-12)17-15-9-5-7-13(11-15)16(18)19-2/h5,7,9,11-12,14,17H,3-4,6,8,10H2,1-2H3. The molecule has 1 N–H and O–H groups in total. The second-order valence-electron chi connectivity index (χ2n) is 5.35. The van der Waals surface area contributed by atoms with E-state index in [0.29, 0.717) is 11.6 Å². The Bertz CT molecular complexity index is 431. The van der Waals surface area contributed by atoms with E-state index in [1.54, 1.807) is 6.07 Å². The van der Waals surface area contributed by atoms with Crippen molar-refractivity contribution in [2.24, 2.45) is 5.92 Å². The smallest absolute Gasteiger partial charge is 0.337 e. The zero-order valence-corrected chi connectivity index (χ0v) is 11.8. The fraction of sp³-hybridized carbons (Fsp3) is 0.562. The van der Waals surface area contributed by atoms with Crippen LogP contribution in [0.15, 0.2) is 24.3 Å². The first kappa shape index (κ1) is 13.9. The summed E-state index contributed by atoms with van der Waals surface area (Å²) in [5.41, 5.74) is 1.63. The van der Waals surface area contributed by atoms with Crippen molar-refractivity contribution in [2.45, 2.75) is 45.1 Å². The molecule has 1 aromatic carbocycles. The third-order valence-corrected chi connectivity index (χ3v) is 4.01. The van der Waals surface area contributed by atoms with Crippen molar-refractivity contribution in [3.8, 4) is 0 Å². The molecule has 0 bridgehead atoms. The molecule has 3 nitrogen and oxygen atoms in total. The number of nitrogens with one attached hydrogen (secondary N) is 1. The van der Waals surface area contributed by atoms with Crippen LogP contribution < -0.4 is 5.32 Å². The van der Waals surface area contributed by atoms with E-state index in [9.17, 15) is 4.79 Å². The van der Waals surface area contributed by atoms with Gasteiger partial charge in [0, 0.05) is 11.7 Å². The zero-order chi connectivity index (χ0) is 13.7. The molecular weight excluding hydrogens is 238 g/mol. The Balaban J connectivity index is 2.00. The minimum absolute atomic E-state index is 0.279. The highest BCUT2D eigenvalue weighted by atomic mass is 16.5. The molecule has 104 valence electrons. The number of hydrogen-bond donors (Lipinski definition) is 1. The summed E-state index contributed by atoms with van der Waals surface area (Å²) in [6, 6.07) is 8.11. The number of hydrogen-bond acceptors (Lipinski definition) is 3. The predicted molar refractivity (Wildman–Crippen MR) is 77.4 cm³/mol. The highest BCUT2D eigenvalue weighted by Gasteiger charge is 2.20. The van der Waals surface area contributed by atoms with Crippen LogP contribution in [0.5, 0.6) is 0 Å². The average molecular weight is 261 g/mol. The van der Waals surface area contributed by atoms with Crippen molar-refractivity contribution < 1.29 is 9.53 Å². The van der Waals surface area contributed by atoms with Crippen LogP contribution in [0.1, 0.15) is 49.4 Å². The predicted octanol–water partition coefficient (Wildman–Crippen LogP) is 3.85. The highest BCUT2D eigenvalue weighted by molar-refractivity contribution is 5.90. The number of benzene rings is 1. The Hall–Kier alpha value is -1.51. The van der Waals surface area contributed by atoms with Crippen LogP contribution in [0.3, 0.4) is 0 Å². The number of carbonyl (C=O) groups excluding carboxylic acids is 1. The van der Waals surface area contributed by atoms with Gasteiger partial charge in [-0.15, -0.1) is 0 Å². The minimum Gasteiger partial charge on any atom is -0.465 e. The zero-order valence-electron chi connectivity index (χ0n) is 11.8. The number of anilines is 1. The normalized spacial score (nSPS) is 22.8. The van der Waals surface area contributed by atoms with Crippen LogP contribution in [0.2, 0.25) is 0 Å². The summed E-state index contributed by atoms with van der Waals surface area (Å²) >= 11 is 0. The highest BCUT2D eigenvalue weighted by Crippen LogP contribution is 2.28. The molecule has 0 amide bonds. The fourth-order valence-electron chi connectivity index (χ4n) is 2.88. The molecule has 19 heavy (non-hydrogen) atoms. The first-order chi connectivity index (χ1) is 9.22. The third-order valence-electron chi connectivity index (χ3n) is 4.01. The van der Waals surface area contributed by atoms with E-state index in [2.05, 4.69) is 12.2 Å². The van der Waals surface area contributed by atoms with E-state index in [1.165, 1.54) is 39.2 Å². The van der Waals surface area contributed by atoms with Crippen molar-refractivity contribution >= 4 is 11.7 Å². The van der Waals surface area contributed by atoms with Gasteiger partial charge in [-0.05, 0) is 37.0 Å². The maximum Gasteiger partial charge on any atom is 0.337 e. The van der Waals surface area contributed by atoms with Gasteiger partial charge in [0.15, 0.2) is 0 Å². The van der Waals surface area contributed by atoms with Gasteiger partial charge in [-0.1, -0.05) is 32.3 Å². The van der Waals surface area contributed by atoms with Crippen molar-refractivity contribution in [1.82, 2.24) is 0 Å². The quantitative estimate of drug-likeness (QED) is 0.836. The Morgan fingerprint density at radius 2 is 2.26 bits per heavy atom. The summed E-state index contributed by atoms with van der Waals surface area (Å²) in [5.74, 6) is 0.564. The molecule has 0 heterocycles. The Labute approximate surface area is 115 Å². The lowest BCUT2D eigenvalue weighted by Gasteiger charge is -2.29. The molecule has 1 saturated carbocycles. The topological polar surface area (TPSA) is 38.3 Å². The maximum atomic E-state index is 11.5. The van der Waals surface area contributed by atoms with Crippen LogP contribution in [0.4, 0.5) is 5.69 Å². The molecule has 2 atom stereocenters. The largest absolute Gasteiger partial charge is 0.465 e. The van der Waals surface area contributed by atoms with Gasteiger partial charge in [-0.2, -0.15) is 0 Å². The molecule has 0 aromatic heterocycles. The molecule has 0 aliphatic heterocycles.